The van der Waals surface area contributed by atoms with Crippen LogP contribution >= 0.6 is 0 Å². The highest BCUT2D eigenvalue weighted by Crippen LogP contribution is 2.37. The van der Waals surface area contributed by atoms with E-state index in [1.54, 1.807) is 24.9 Å². The number of nitrogens with zero attached hydrogens (tertiary/aromatic N) is 4. The standard InChI is InChI=1S/C29H36N4O3/c1-4-33-27(35)32(18-6-8-24-7-5-17-30-21-24)26(34)29(33)15-19-31(20-16-29)22-25-11-9-23(10-12-25)13-14-28(2,3)36/h5,7,9-12,17,21,36H,4,6,8,15-16,18-20,22H2,1-3H3. The van der Waals surface area contributed by atoms with E-state index < -0.39 is 11.1 Å². The van der Waals surface area contributed by atoms with Crippen LogP contribution in [0.5, 0.6) is 0 Å². The minimum absolute atomic E-state index is 0.0325. The van der Waals surface area contributed by atoms with Crippen molar-refractivity contribution in [1.29, 1.82) is 0 Å². The highest BCUT2D eigenvalue weighted by Gasteiger charge is 2.57. The maximum absolute atomic E-state index is 13.5. The summed E-state index contributed by atoms with van der Waals surface area (Å²) in [6, 6.07) is 11.8. The molecule has 1 aromatic carbocycles. The van der Waals surface area contributed by atoms with E-state index >= 15 is 0 Å². The molecule has 1 N–H and O–H groups in total. The number of aliphatic hydroxyl groups is 1. The fourth-order valence-electron chi connectivity index (χ4n) is 5.15. The van der Waals surface area contributed by atoms with Crippen LogP contribution in [0.2, 0.25) is 0 Å². The van der Waals surface area contributed by atoms with Gasteiger partial charge in [-0.1, -0.05) is 30.0 Å². The number of likely N-dealkylation sites (N-methyl/N-ethyl adjacent to an activating group) is 1. The number of carbonyl (C=O) groups excluding carboxylic acids is 2. The third-order valence-electron chi connectivity index (χ3n) is 7.06. The molecule has 4 rings (SSSR count). The van der Waals surface area contributed by atoms with Crippen molar-refractivity contribution >= 4 is 11.9 Å². The Balaban J connectivity index is 1.35. The summed E-state index contributed by atoms with van der Waals surface area (Å²) in [5.74, 6) is 5.80. The zero-order chi connectivity index (χ0) is 25.8. The lowest BCUT2D eigenvalue weighted by atomic mass is 9.85. The summed E-state index contributed by atoms with van der Waals surface area (Å²) < 4.78 is 0. The van der Waals surface area contributed by atoms with E-state index in [0.29, 0.717) is 25.9 Å². The average Bonchev–Trinajstić information content (AvgIpc) is 3.05. The molecule has 190 valence electrons. The second-order valence-electron chi connectivity index (χ2n) is 10.3. The predicted molar refractivity (Wildman–Crippen MR) is 139 cm³/mol. The largest absolute Gasteiger partial charge is 0.378 e. The minimum atomic E-state index is -1.01. The Labute approximate surface area is 214 Å². The molecule has 2 aromatic rings. The van der Waals surface area contributed by atoms with E-state index in [1.807, 2.05) is 37.4 Å². The SMILES string of the molecule is CCN1C(=O)N(CCCc2cccnc2)C(=O)C12CCN(Cc1ccc(C#CC(C)(C)O)cc1)CC2. The van der Waals surface area contributed by atoms with Gasteiger partial charge in [-0.3, -0.25) is 19.6 Å². The molecule has 1 aromatic heterocycles. The molecule has 7 nitrogen and oxygen atoms in total. The maximum Gasteiger partial charge on any atom is 0.327 e. The molecule has 2 aliphatic rings. The molecule has 2 fully saturated rings. The molecule has 7 heteroatoms. The van der Waals surface area contributed by atoms with E-state index in [4.69, 9.17) is 0 Å². The van der Waals surface area contributed by atoms with E-state index in [9.17, 15) is 14.7 Å². The van der Waals surface area contributed by atoms with Crippen molar-refractivity contribution in [1.82, 2.24) is 19.7 Å². The minimum Gasteiger partial charge on any atom is -0.378 e. The van der Waals surface area contributed by atoms with Gasteiger partial charge in [-0.05, 0) is 75.8 Å². The number of imide groups is 1. The van der Waals surface area contributed by atoms with Gasteiger partial charge in [-0.15, -0.1) is 0 Å². The molecule has 0 bridgehead atoms. The van der Waals surface area contributed by atoms with Crippen LogP contribution in [0.4, 0.5) is 4.79 Å². The molecule has 0 unspecified atom stereocenters. The van der Waals surface area contributed by atoms with Crippen LogP contribution < -0.4 is 0 Å². The molecule has 0 radical (unpaired) electrons. The highest BCUT2D eigenvalue weighted by atomic mass is 16.3. The van der Waals surface area contributed by atoms with Crippen molar-refractivity contribution in [2.24, 2.45) is 0 Å². The molecule has 3 amide bonds. The van der Waals surface area contributed by atoms with E-state index in [-0.39, 0.29) is 11.9 Å². The number of piperidine rings is 1. The summed E-state index contributed by atoms with van der Waals surface area (Å²) in [5, 5.41) is 9.78. The van der Waals surface area contributed by atoms with Gasteiger partial charge in [-0.2, -0.15) is 0 Å². The fourth-order valence-corrected chi connectivity index (χ4v) is 5.15. The zero-order valence-corrected chi connectivity index (χ0v) is 21.5. The smallest absolute Gasteiger partial charge is 0.327 e. The first kappa shape index (κ1) is 25.9. The predicted octanol–water partition coefficient (Wildman–Crippen LogP) is 3.46. The van der Waals surface area contributed by atoms with Crippen molar-refractivity contribution in [2.75, 3.05) is 26.2 Å². The van der Waals surface area contributed by atoms with E-state index in [0.717, 1.165) is 43.6 Å². The van der Waals surface area contributed by atoms with Crippen molar-refractivity contribution in [3.63, 3.8) is 0 Å². The Morgan fingerprint density at radius 1 is 1.08 bits per heavy atom. The van der Waals surface area contributed by atoms with Crippen LogP contribution in [0.25, 0.3) is 0 Å². The first-order valence-electron chi connectivity index (χ1n) is 12.8. The van der Waals surface area contributed by atoms with Gasteiger partial charge < -0.3 is 10.0 Å². The number of pyridine rings is 1. The lowest BCUT2D eigenvalue weighted by Gasteiger charge is -2.42. The van der Waals surface area contributed by atoms with Crippen LogP contribution in [0.15, 0.2) is 48.8 Å². The van der Waals surface area contributed by atoms with E-state index in [1.165, 1.54) is 10.5 Å². The number of benzene rings is 1. The topological polar surface area (TPSA) is 77.0 Å². The van der Waals surface area contributed by atoms with Gasteiger partial charge in [0.15, 0.2) is 0 Å². The Morgan fingerprint density at radius 3 is 2.42 bits per heavy atom. The number of rotatable bonds is 7. The Kier molecular flexibility index (Phi) is 7.77. The highest BCUT2D eigenvalue weighted by molar-refractivity contribution is 6.07. The number of aromatic nitrogens is 1. The summed E-state index contributed by atoms with van der Waals surface area (Å²) in [5.41, 5.74) is 1.44. The molecule has 36 heavy (non-hydrogen) atoms. The van der Waals surface area contributed by atoms with Crippen molar-refractivity contribution in [3.8, 4) is 11.8 Å². The number of hydrogen-bond donors (Lipinski definition) is 1. The van der Waals surface area contributed by atoms with Crippen molar-refractivity contribution in [3.05, 3.63) is 65.5 Å². The molecule has 1 spiro atoms. The lowest BCUT2D eigenvalue weighted by Crippen LogP contribution is -2.56. The molecule has 2 saturated heterocycles. The van der Waals surface area contributed by atoms with Crippen LogP contribution in [-0.4, -0.2) is 74.0 Å². The van der Waals surface area contributed by atoms with Gasteiger partial charge in [0.25, 0.3) is 5.91 Å². The first-order valence-corrected chi connectivity index (χ1v) is 12.8. The first-order chi connectivity index (χ1) is 17.2. The van der Waals surface area contributed by atoms with Gasteiger partial charge in [0.2, 0.25) is 0 Å². The molecule has 3 heterocycles. The Hall–Kier alpha value is -3.21. The Morgan fingerprint density at radius 2 is 1.81 bits per heavy atom. The second kappa shape index (κ2) is 10.8. The fraction of sp³-hybridized carbons (Fsp3) is 0.483. The number of urea groups is 1. The van der Waals surface area contributed by atoms with E-state index in [2.05, 4.69) is 33.9 Å². The number of carbonyl (C=O) groups is 2. The Bertz CT molecular complexity index is 1120. The molecule has 0 saturated carbocycles. The third kappa shape index (κ3) is 5.77. The van der Waals surface area contributed by atoms with Crippen molar-refractivity contribution < 1.29 is 14.7 Å². The number of aryl methyl sites for hydroxylation is 1. The van der Waals surface area contributed by atoms with Crippen LogP contribution in [0.3, 0.4) is 0 Å². The molecular formula is C29H36N4O3. The van der Waals surface area contributed by atoms with Crippen LogP contribution in [0.1, 0.15) is 56.7 Å². The summed E-state index contributed by atoms with van der Waals surface area (Å²) >= 11 is 0. The monoisotopic (exact) mass is 488 g/mol. The summed E-state index contributed by atoms with van der Waals surface area (Å²) in [6.07, 6.45) is 6.41. The average molecular weight is 489 g/mol. The van der Waals surface area contributed by atoms with Gasteiger partial charge in [0.1, 0.15) is 11.1 Å². The number of hydrogen-bond acceptors (Lipinski definition) is 5. The van der Waals surface area contributed by atoms with Crippen molar-refractivity contribution in [2.45, 2.75) is 64.1 Å². The molecule has 0 atom stereocenters. The molecular weight excluding hydrogens is 452 g/mol. The zero-order valence-electron chi connectivity index (χ0n) is 21.5. The normalized spacial score (nSPS) is 18.0. The summed E-state index contributed by atoms with van der Waals surface area (Å²) in [6.45, 7) is 8.59. The van der Waals surface area contributed by atoms with Gasteiger partial charge >= 0.3 is 6.03 Å². The molecule has 2 aliphatic heterocycles. The number of likely N-dealkylation sites (tertiary alicyclic amines) is 1. The third-order valence-corrected chi connectivity index (χ3v) is 7.06. The van der Waals surface area contributed by atoms with Gasteiger partial charge in [0, 0.05) is 50.7 Å². The molecule has 0 aliphatic carbocycles. The quantitative estimate of drug-likeness (QED) is 0.477. The maximum atomic E-state index is 13.5. The van der Waals surface area contributed by atoms with Gasteiger partial charge in [-0.25, -0.2) is 4.79 Å². The van der Waals surface area contributed by atoms with Gasteiger partial charge in [0.05, 0.1) is 0 Å². The second-order valence-corrected chi connectivity index (χ2v) is 10.3. The summed E-state index contributed by atoms with van der Waals surface area (Å²) in [7, 11) is 0. The lowest BCUT2D eigenvalue weighted by molar-refractivity contribution is -0.135. The van der Waals surface area contributed by atoms with Crippen LogP contribution in [0, 0.1) is 11.8 Å². The van der Waals surface area contributed by atoms with Crippen LogP contribution in [-0.2, 0) is 17.8 Å². The summed E-state index contributed by atoms with van der Waals surface area (Å²) in [4.78, 5) is 36.5. The number of amides is 3.